The monoisotopic (exact) mass is 260 g/mol. The Kier molecular flexibility index (Phi) is 2.30. The largest absolute Gasteiger partial charge is 0.0767 e. The quantitative estimate of drug-likeness (QED) is 0.618. The first-order chi connectivity index (χ1) is 9.59. The van der Waals surface area contributed by atoms with Gasteiger partial charge in [-0.2, -0.15) is 0 Å². The van der Waals surface area contributed by atoms with Gasteiger partial charge in [0.05, 0.1) is 0 Å². The van der Waals surface area contributed by atoms with Crippen molar-refractivity contribution in [2.75, 3.05) is 0 Å². The van der Waals surface area contributed by atoms with Gasteiger partial charge in [0.2, 0.25) is 0 Å². The number of fused-ring (bicyclic) bond motifs is 4. The minimum Gasteiger partial charge on any atom is -0.0767 e. The Bertz CT molecular complexity index is 708. The van der Waals surface area contributed by atoms with Crippen molar-refractivity contribution in [2.45, 2.75) is 26.2 Å². The highest BCUT2D eigenvalue weighted by Crippen LogP contribution is 2.53. The summed E-state index contributed by atoms with van der Waals surface area (Å²) in [4.78, 5) is 0. The Morgan fingerprint density at radius 1 is 1.00 bits per heavy atom. The molecule has 0 N–H and O–H groups in total. The maximum Gasteiger partial charge on any atom is 0.0155 e. The van der Waals surface area contributed by atoms with Crippen molar-refractivity contribution in [2.24, 2.45) is 11.8 Å². The van der Waals surface area contributed by atoms with Gasteiger partial charge < -0.3 is 0 Å². The first kappa shape index (κ1) is 12.0. The van der Waals surface area contributed by atoms with E-state index in [4.69, 9.17) is 0 Å². The average Bonchev–Trinajstić information content (AvgIpc) is 2.68. The minimum atomic E-state index is 0.132. The van der Waals surface area contributed by atoms with E-state index < -0.39 is 0 Å². The van der Waals surface area contributed by atoms with E-state index in [2.05, 4.69) is 75.4 Å². The second-order valence-electron chi connectivity index (χ2n) is 6.73. The molecule has 2 atom stereocenters. The van der Waals surface area contributed by atoms with E-state index in [1.807, 2.05) is 0 Å². The van der Waals surface area contributed by atoms with E-state index in [0.29, 0.717) is 11.8 Å². The Labute approximate surface area is 121 Å². The van der Waals surface area contributed by atoms with Gasteiger partial charge in [-0.15, -0.1) is 0 Å². The molecule has 0 bridgehead atoms. The van der Waals surface area contributed by atoms with Gasteiger partial charge in [-0.05, 0) is 29.2 Å². The maximum atomic E-state index is 2.38. The van der Waals surface area contributed by atoms with Crippen LogP contribution in [0.2, 0.25) is 0 Å². The molecule has 100 valence electrons. The van der Waals surface area contributed by atoms with E-state index in [1.165, 1.54) is 22.3 Å². The number of hydrogen-bond acceptors (Lipinski definition) is 0. The van der Waals surface area contributed by atoms with Gasteiger partial charge in [-0.1, -0.05) is 74.1 Å². The van der Waals surface area contributed by atoms with Gasteiger partial charge in [0.25, 0.3) is 0 Å². The zero-order chi connectivity index (χ0) is 13.9. The van der Waals surface area contributed by atoms with E-state index in [-0.39, 0.29) is 5.41 Å². The molecule has 0 amide bonds. The van der Waals surface area contributed by atoms with Crippen LogP contribution < -0.4 is 0 Å². The molecular formula is C20H20. The fraction of sp³-hybridized carbons (Fsp3) is 0.300. The van der Waals surface area contributed by atoms with Crippen molar-refractivity contribution >= 4 is 5.57 Å². The molecule has 2 unspecified atom stereocenters. The van der Waals surface area contributed by atoms with E-state index in [0.717, 1.165) is 0 Å². The Morgan fingerprint density at radius 3 is 2.65 bits per heavy atom. The normalized spacial score (nSPS) is 28.4. The fourth-order valence-electron chi connectivity index (χ4n) is 4.00. The molecule has 0 fully saturated rings. The van der Waals surface area contributed by atoms with Gasteiger partial charge in [-0.3, -0.25) is 0 Å². The van der Waals surface area contributed by atoms with Crippen LogP contribution in [0.1, 0.15) is 30.5 Å². The Morgan fingerprint density at radius 2 is 1.80 bits per heavy atom. The average molecular weight is 260 g/mol. The molecule has 0 saturated carbocycles. The number of benzene rings is 1. The molecule has 0 aromatic heterocycles. The topological polar surface area (TPSA) is 0 Å². The molecular weight excluding hydrogens is 240 g/mol. The summed E-state index contributed by atoms with van der Waals surface area (Å²) in [5, 5.41) is 0. The second kappa shape index (κ2) is 3.85. The molecule has 0 spiro atoms. The van der Waals surface area contributed by atoms with Crippen molar-refractivity contribution in [1.82, 2.24) is 0 Å². The molecule has 1 aromatic rings. The number of rotatable bonds is 0. The van der Waals surface area contributed by atoms with Crippen LogP contribution in [0.5, 0.6) is 0 Å². The highest BCUT2D eigenvalue weighted by atomic mass is 14.4. The number of aryl methyl sites for hydroxylation is 1. The first-order valence-electron chi connectivity index (χ1n) is 7.48. The summed E-state index contributed by atoms with van der Waals surface area (Å²) in [6.45, 7) is 6.91. The zero-order valence-corrected chi connectivity index (χ0v) is 12.4. The van der Waals surface area contributed by atoms with Crippen molar-refractivity contribution in [3.63, 3.8) is 0 Å². The summed E-state index contributed by atoms with van der Waals surface area (Å²) in [5.74, 6) is 1.05. The van der Waals surface area contributed by atoms with Crippen LogP contribution in [0, 0.1) is 18.8 Å². The lowest BCUT2D eigenvalue weighted by Gasteiger charge is -2.30. The van der Waals surface area contributed by atoms with Crippen molar-refractivity contribution in [3.05, 3.63) is 76.9 Å². The number of hydrogen-bond donors (Lipinski definition) is 0. The third kappa shape index (κ3) is 1.42. The fourth-order valence-corrected chi connectivity index (χ4v) is 4.00. The van der Waals surface area contributed by atoms with Crippen molar-refractivity contribution < 1.29 is 0 Å². The molecule has 3 aliphatic carbocycles. The third-order valence-electron chi connectivity index (χ3n) is 5.10. The minimum absolute atomic E-state index is 0.132. The van der Waals surface area contributed by atoms with E-state index >= 15 is 0 Å². The van der Waals surface area contributed by atoms with Gasteiger partial charge in [0.1, 0.15) is 0 Å². The molecule has 0 aliphatic heterocycles. The zero-order valence-electron chi connectivity index (χ0n) is 12.4. The molecule has 0 heteroatoms. The lowest BCUT2D eigenvalue weighted by molar-refractivity contribution is 0.628. The molecule has 20 heavy (non-hydrogen) atoms. The summed E-state index contributed by atoms with van der Waals surface area (Å²) in [5.41, 5.74) is 7.52. The highest BCUT2D eigenvalue weighted by molar-refractivity contribution is 5.86. The second-order valence-corrected chi connectivity index (χ2v) is 6.73. The highest BCUT2D eigenvalue weighted by Gasteiger charge is 2.41. The van der Waals surface area contributed by atoms with Crippen LogP contribution in [0.15, 0.2) is 60.2 Å². The van der Waals surface area contributed by atoms with Gasteiger partial charge in [-0.25, -0.2) is 0 Å². The Hall–Kier alpha value is -1.82. The molecule has 0 radical (unpaired) electrons. The predicted molar refractivity (Wildman–Crippen MR) is 85.5 cm³/mol. The lowest BCUT2D eigenvalue weighted by atomic mass is 9.73. The van der Waals surface area contributed by atoms with Crippen LogP contribution in [0.3, 0.4) is 0 Å². The van der Waals surface area contributed by atoms with Gasteiger partial charge in [0, 0.05) is 17.3 Å². The summed E-state index contributed by atoms with van der Waals surface area (Å²) >= 11 is 0. The molecule has 0 saturated heterocycles. The summed E-state index contributed by atoms with van der Waals surface area (Å²) in [6.07, 6.45) is 13.8. The van der Waals surface area contributed by atoms with Crippen molar-refractivity contribution in [1.29, 1.82) is 0 Å². The van der Waals surface area contributed by atoms with Gasteiger partial charge in [0.15, 0.2) is 0 Å². The van der Waals surface area contributed by atoms with E-state index in [9.17, 15) is 0 Å². The van der Waals surface area contributed by atoms with E-state index in [1.54, 1.807) is 5.57 Å². The molecule has 3 aliphatic rings. The van der Waals surface area contributed by atoms with Crippen LogP contribution in [-0.2, 0) is 5.41 Å². The van der Waals surface area contributed by atoms with Crippen molar-refractivity contribution in [3.8, 4) is 0 Å². The smallest absolute Gasteiger partial charge is 0.0155 e. The first-order valence-corrected chi connectivity index (χ1v) is 7.48. The predicted octanol–water partition coefficient (Wildman–Crippen LogP) is 4.97. The lowest BCUT2D eigenvalue weighted by Crippen LogP contribution is -2.20. The summed E-state index contributed by atoms with van der Waals surface area (Å²) < 4.78 is 0. The molecule has 4 rings (SSSR count). The number of allylic oxidation sites excluding steroid dienone is 8. The summed E-state index contributed by atoms with van der Waals surface area (Å²) in [7, 11) is 0. The van der Waals surface area contributed by atoms with Crippen LogP contribution in [0.4, 0.5) is 0 Å². The standard InChI is InChI=1S/C20H20/c1-13-8-10-16-18(12-13)20(2,3)17-11-9-14-6-4-5-7-15(14)19(16)17/h4-12,14-15H,1-3H3. The molecule has 0 nitrogen and oxygen atoms in total. The van der Waals surface area contributed by atoms with Crippen LogP contribution in [0.25, 0.3) is 5.57 Å². The van der Waals surface area contributed by atoms with Crippen LogP contribution in [-0.4, -0.2) is 0 Å². The molecule has 0 heterocycles. The molecule has 1 aromatic carbocycles. The Balaban J connectivity index is 1.97. The van der Waals surface area contributed by atoms with Crippen LogP contribution >= 0.6 is 0 Å². The van der Waals surface area contributed by atoms with Gasteiger partial charge >= 0.3 is 0 Å². The SMILES string of the molecule is Cc1ccc2c(c1)C(C)(C)C1=C2C2C=CC=CC2C=C1. The summed E-state index contributed by atoms with van der Waals surface area (Å²) in [6, 6.07) is 6.95. The third-order valence-corrected chi connectivity index (χ3v) is 5.10. The maximum absolute atomic E-state index is 2.38.